The topological polar surface area (TPSA) is 100 Å². The number of nitrogens with zero attached hydrogens (tertiary/aromatic N) is 4. The SMILES string of the molecule is COc1cc2nc(NC(=O)CN3C=NC4C3C=CC(=O)N4C)oc2cc1C. The summed E-state index contributed by atoms with van der Waals surface area (Å²) >= 11 is 0. The standard InChI is InChI=1S/C18H19N5O4/c1-10-6-14-11(7-13(10)26-3)20-18(27-14)21-15(24)8-23-9-19-17-12(23)4-5-16(25)22(17)2/h4-7,9,12,17H,8H2,1-3H3,(H,20,21,24). The third kappa shape index (κ3) is 3.01. The molecule has 1 aromatic carbocycles. The molecule has 2 aromatic rings. The molecule has 1 N–H and O–H groups in total. The third-order valence-electron chi connectivity index (χ3n) is 4.71. The van der Waals surface area contributed by atoms with Crippen LogP contribution in [0.15, 0.2) is 33.7 Å². The summed E-state index contributed by atoms with van der Waals surface area (Å²) in [5, 5.41) is 2.67. The number of amides is 2. The van der Waals surface area contributed by atoms with E-state index in [0.29, 0.717) is 16.8 Å². The number of ether oxygens (including phenoxy) is 1. The van der Waals surface area contributed by atoms with E-state index in [1.807, 2.05) is 13.0 Å². The summed E-state index contributed by atoms with van der Waals surface area (Å²) in [4.78, 5) is 36.0. The third-order valence-corrected chi connectivity index (χ3v) is 4.71. The molecular weight excluding hydrogens is 350 g/mol. The van der Waals surface area contributed by atoms with E-state index in [1.54, 1.807) is 42.4 Å². The number of nitrogens with one attached hydrogen (secondary N) is 1. The molecule has 2 atom stereocenters. The number of anilines is 1. The minimum Gasteiger partial charge on any atom is -0.496 e. The molecule has 1 aromatic heterocycles. The van der Waals surface area contributed by atoms with Gasteiger partial charge in [0, 0.05) is 19.2 Å². The highest BCUT2D eigenvalue weighted by atomic mass is 16.5. The van der Waals surface area contributed by atoms with Crippen LogP contribution in [0, 0.1) is 6.92 Å². The summed E-state index contributed by atoms with van der Waals surface area (Å²) < 4.78 is 10.9. The first-order valence-corrected chi connectivity index (χ1v) is 8.45. The highest BCUT2D eigenvalue weighted by molar-refractivity contribution is 5.93. The first-order valence-electron chi connectivity index (χ1n) is 8.45. The van der Waals surface area contributed by atoms with E-state index in [-0.39, 0.29) is 36.6 Å². The van der Waals surface area contributed by atoms with E-state index < -0.39 is 0 Å². The van der Waals surface area contributed by atoms with Crippen molar-refractivity contribution < 1.29 is 18.7 Å². The van der Waals surface area contributed by atoms with Crippen LogP contribution in [0.25, 0.3) is 11.1 Å². The molecule has 0 bridgehead atoms. The summed E-state index contributed by atoms with van der Waals surface area (Å²) in [7, 11) is 3.28. The molecule has 9 heteroatoms. The molecule has 140 valence electrons. The van der Waals surface area contributed by atoms with Crippen LogP contribution in [-0.4, -0.2) is 65.8 Å². The average Bonchev–Trinajstić information content (AvgIpc) is 3.20. The summed E-state index contributed by atoms with van der Waals surface area (Å²) in [6.45, 7) is 1.97. The Morgan fingerprint density at radius 3 is 3.00 bits per heavy atom. The van der Waals surface area contributed by atoms with Crippen molar-refractivity contribution in [1.29, 1.82) is 0 Å². The average molecular weight is 369 g/mol. The molecule has 3 heterocycles. The van der Waals surface area contributed by atoms with Crippen molar-refractivity contribution in [3.63, 3.8) is 0 Å². The van der Waals surface area contributed by atoms with Crippen molar-refractivity contribution in [2.45, 2.75) is 19.1 Å². The van der Waals surface area contributed by atoms with Gasteiger partial charge in [0.15, 0.2) is 5.58 Å². The number of benzene rings is 1. The van der Waals surface area contributed by atoms with Crippen molar-refractivity contribution in [3.8, 4) is 5.75 Å². The second kappa shape index (κ2) is 6.42. The molecule has 2 unspecified atom stereocenters. The number of oxazole rings is 1. The summed E-state index contributed by atoms with van der Waals surface area (Å²) in [5.41, 5.74) is 2.09. The lowest BCUT2D eigenvalue weighted by atomic mass is 10.1. The lowest BCUT2D eigenvalue weighted by Gasteiger charge is -2.32. The number of aryl methyl sites for hydroxylation is 1. The van der Waals surface area contributed by atoms with Gasteiger partial charge in [0.1, 0.15) is 17.4 Å². The largest absolute Gasteiger partial charge is 0.496 e. The second-order valence-electron chi connectivity index (χ2n) is 6.51. The summed E-state index contributed by atoms with van der Waals surface area (Å²) in [6.07, 6.45) is 4.54. The first kappa shape index (κ1) is 17.1. The van der Waals surface area contributed by atoms with Crippen LogP contribution >= 0.6 is 0 Å². The van der Waals surface area contributed by atoms with E-state index in [2.05, 4.69) is 15.3 Å². The van der Waals surface area contributed by atoms with Crippen LogP contribution in [0.2, 0.25) is 0 Å². The molecule has 2 aliphatic rings. The maximum atomic E-state index is 12.4. The number of rotatable bonds is 4. The fourth-order valence-corrected chi connectivity index (χ4v) is 3.26. The fourth-order valence-electron chi connectivity index (χ4n) is 3.26. The number of hydrogen-bond donors (Lipinski definition) is 1. The molecule has 0 radical (unpaired) electrons. The van der Waals surface area contributed by atoms with Crippen LogP contribution in [0.1, 0.15) is 5.56 Å². The smallest absolute Gasteiger partial charge is 0.302 e. The van der Waals surface area contributed by atoms with Crippen molar-refractivity contribution in [2.75, 3.05) is 26.0 Å². The molecule has 0 spiro atoms. The van der Waals surface area contributed by atoms with E-state index in [0.717, 1.165) is 5.56 Å². The minimum atomic E-state index is -0.310. The van der Waals surface area contributed by atoms with Gasteiger partial charge in [-0.2, -0.15) is 4.98 Å². The number of hydrogen-bond acceptors (Lipinski definition) is 7. The zero-order valence-corrected chi connectivity index (χ0v) is 15.2. The van der Waals surface area contributed by atoms with E-state index in [4.69, 9.17) is 9.15 Å². The molecule has 0 aliphatic carbocycles. The predicted octanol–water partition coefficient (Wildman–Crippen LogP) is 1.15. The molecule has 4 rings (SSSR count). The fraction of sp³-hybridized carbons (Fsp3) is 0.333. The Morgan fingerprint density at radius 1 is 1.41 bits per heavy atom. The number of carbonyl (C=O) groups is 2. The monoisotopic (exact) mass is 369 g/mol. The van der Waals surface area contributed by atoms with Gasteiger partial charge in [-0.3, -0.25) is 14.9 Å². The Balaban J connectivity index is 1.46. The van der Waals surface area contributed by atoms with Gasteiger partial charge in [0.05, 0.1) is 26.0 Å². The van der Waals surface area contributed by atoms with Crippen LogP contribution in [-0.2, 0) is 9.59 Å². The van der Waals surface area contributed by atoms with Gasteiger partial charge >= 0.3 is 6.01 Å². The number of aromatic nitrogens is 1. The van der Waals surface area contributed by atoms with Crippen molar-refractivity contribution in [1.82, 2.24) is 14.8 Å². The molecule has 0 saturated heterocycles. The zero-order valence-electron chi connectivity index (χ0n) is 15.2. The van der Waals surface area contributed by atoms with E-state index >= 15 is 0 Å². The number of fused-ring (bicyclic) bond motifs is 2. The first-order chi connectivity index (χ1) is 13.0. The summed E-state index contributed by atoms with van der Waals surface area (Å²) in [6, 6.07) is 3.55. The van der Waals surface area contributed by atoms with Gasteiger partial charge in [-0.1, -0.05) is 6.08 Å². The molecule has 2 aliphatic heterocycles. The highest BCUT2D eigenvalue weighted by Gasteiger charge is 2.37. The quantitative estimate of drug-likeness (QED) is 0.868. The Morgan fingerprint density at radius 2 is 2.22 bits per heavy atom. The molecule has 2 amide bonds. The Kier molecular flexibility index (Phi) is 4.06. The van der Waals surface area contributed by atoms with Crippen molar-refractivity contribution in [3.05, 3.63) is 29.8 Å². The Hall–Kier alpha value is -3.36. The van der Waals surface area contributed by atoms with Gasteiger partial charge < -0.3 is 19.0 Å². The van der Waals surface area contributed by atoms with Gasteiger partial charge in [-0.15, -0.1) is 0 Å². The van der Waals surface area contributed by atoms with Crippen LogP contribution in [0.4, 0.5) is 6.01 Å². The second-order valence-corrected chi connectivity index (χ2v) is 6.51. The number of aliphatic imine (C=N–C) groups is 1. The Bertz CT molecular complexity index is 980. The molecule has 9 nitrogen and oxygen atoms in total. The molecule has 27 heavy (non-hydrogen) atoms. The molecular formula is C18H19N5O4. The van der Waals surface area contributed by atoms with Crippen LogP contribution in [0.5, 0.6) is 5.75 Å². The molecule has 0 fully saturated rings. The number of likely N-dealkylation sites (N-methyl/N-ethyl adjacent to an activating group) is 1. The van der Waals surface area contributed by atoms with E-state index in [9.17, 15) is 9.59 Å². The minimum absolute atomic E-state index is 0.0676. The predicted molar refractivity (Wildman–Crippen MR) is 98.6 cm³/mol. The Labute approximate surface area is 155 Å². The maximum Gasteiger partial charge on any atom is 0.302 e. The molecule has 0 saturated carbocycles. The van der Waals surface area contributed by atoms with Gasteiger partial charge in [-0.25, -0.2) is 4.99 Å². The van der Waals surface area contributed by atoms with Crippen molar-refractivity contribution >= 4 is 35.3 Å². The van der Waals surface area contributed by atoms with Gasteiger partial charge in [-0.05, 0) is 18.6 Å². The number of carbonyl (C=O) groups excluding carboxylic acids is 2. The van der Waals surface area contributed by atoms with Gasteiger partial charge in [0.2, 0.25) is 11.8 Å². The van der Waals surface area contributed by atoms with E-state index in [1.165, 1.54) is 6.08 Å². The zero-order chi connectivity index (χ0) is 19.1. The normalized spacial score (nSPS) is 21.1. The lowest BCUT2D eigenvalue weighted by molar-refractivity contribution is -0.127. The van der Waals surface area contributed by atoms with Crippen LogP contribution in [0.3, 0.4) is 0 Å². The van der Waals surface area contributed by atoms with Crippen LogP contribution < -0.4 is 10.1 Å². The summed E-state index contributed by atoms with van der Waals surface area (Å²) in [5.74, 6) is 0.318. The maximum absolute atomic E-state index is 12.4. The van der Waals surface area contributed by atoms with Crippen molar-refractivity contribution in [2.24, 2.45) is 4.99 Å². The number of methoxy groups -OCH3 is 1. The van der Waals surface area contributed by atoms with Gasteiger partial charge in [0.25, 0.3) is 0 Å². The highest BCUT2D eigenvalue weighted by Crippen LogP contribution is 2.27. The lowest BCUT2D eigenvalue weighted by Crippen LogP contribution is -2.49.